The maximum atomic E-state index is 9.94. The summed E-state index contributed by atoms with van der Waals surface area (Å²) >= 11 is 0. The summed E-state index contributed by atoms with van der Waals surface area (Å²) in [5.41, 5.74) is 9.29. The number of methoxy groups -OCH3 is 1. The van der Waals surface area contributed by atoms with E-state index in [1.54, 1.807) is 7.11 Å². The lowest BCUT2D eigenvalue weighted by Gasteiger charge is -2.25. The zero-order chi connectivity index (χ0) is 22.7. The van der Waals surface area contributed by atoms with Gasteiger partial charge >= 0.3 is 0 Å². The van der Waals surface area contributed by atoms with Gasteiger partial charge in [0.25, 0.3) is 0 Å². The van der Waals surface area contributed by atoms with Crippen molar-refractivity contribution in [2.24, 2.45) is 5.73 Å². The first-order valence-electron chi connectivity index (χ1n) is 10.3. The van der Waals surface area contributed by atoms with Gasteiger partial charge in [-0.1, -0.05) is 18.2 Å². The van der Waals surface area contributed by atoms with Crippen molar-refractivity contribution in [2.45, 2.75) is 19.8 Å². The molecule has 1 aromatic heterocycles. The van der Waals surface area contributed by atoms with E-state index in [-0.39, 0.29) is 11.5 Å². The molecule has 2 heterocycles. The highest BCUT2D eigenvalue weighted by atomic mass is 16.5. The Bertz CT molecular complexity index is 1210. The minimum absolute atomic E-state index is 0.0191. The molecule has 0 saturated heterocycles. The number of para-hydroxylation sites is 1. The molecule has 1 unspecified atom stereocenters. The summed E-state index contributed by atoms with van der Waals surface area (Å²) in [5.74, 6) is 1.76. The van der Waals surface area contributed by atoms with E-state index >= 15 is 0 Å². The molecule has 0 fully saturated rings. The van der Waals surface area contributed by atoms with Gasteiger partial charge in [0.1, 0.15) is 28.9 Å². The smallest absolute Gasteiger partial charge is 0.244 e. The third-order valence-corrected chi connectivity index (χ3v) is 5.22. The summed E-state index contributed by atoms with van der Waals surface area (Å²) in [7, 11) is 1.59. The molecular formula is C24H24N4O4. The second-order valence-electron chi connectivity index (χ2n) is 7.01. The van der Waals surface area contributed by atoms with Crippen LogP contribution in [0.5, 0.6) is 23.1 Å². The molecule has 1 aliphatic heterocycles. The van der Waals surface area contributed by atoms with Crippen molar-refractivity contribution in [1.29, 1.82) is 5.26 Å². The zero-order valence-corrected chi connectivity index (χ0v) is 18.1. The fraction of sp³-hybridized carbons (Fsp3) is 0.250. The summed E-state index contributed by atoms with van der Waals surface area (Å²) in [6.45, 7) is 4.86. The number of hydrogen-bond donors (Lipinski definition) is 2. The maximum absolute atomic E-state index is 9.94. The highest BCUT2D eigenvalue weighted by Gasteiger charge is 2.37. The largest absolute Gasteiger partial charge is 0.496 e. The molecule has 3 N–H and O–H groups in total. The number of aromatic amines is 1. The van der Waals surface area contributed by atoms with E-state index in [9.17, 15) is 5.26 Å². The van der Waals surface area contributed by atoms with E-state index in [1.165, 1.54) is 0 Å². The number of fused-ring (bicyclic) bond motifs is 1. The van der Waals surface area contributed by atoms with E-state index in [0.29, 0.717) is 47.6 Å². The lowest BCUT2D eigenvalue weighted by atomic mass is 9.82. The number of hydrogen-bond acceptors (Lipinski definition) is 7. The van der Waals surface area contributed by atoms with Crippen LogP contribution in [0.4, 0.5) is 0 Å². The third-order valence-electron chi connectivity index (χ3n) is 5.22. The number of nitrogens with one attached hydrogen (secondary N) is 1. The SMILES string of the molecule is CCOc1ccc(-c2[nH]nc3c2C(c2ccccc2OC)C(C#N)=C(N)O3)c(OCC)c1. The van der Waals surface area contributed by atoms with Gasteiger partial charge in [-0.3, -0.25) is 5.10 Å². The standard InChI is InChI=1S/C24H24N4O4/c1-4-30-14-10-11-16(19(12-14)31-5-2)22-21-20(15-8-6-7-9-18(15)29-3)17(13-25)23(26)32-24(21)28-27-22/h6-12,20H,4-5,26H2,1-3H3,(H,27,28). The average molecular weight is 432 g/mol. The summed E-state index contributed by atoms with van der Waals surface area (Å²) in [5, 5.41) is 17.3. The summed E-state index contributed by atoms with van der Waals surface area (Å²) in [6.07, 6.45) is 0. The Labute approximate surface area is 186 Å². The molecule has 3 aromatic rings. The Morgan fingerprint density at radius 2 is 1.91 bits per heavy atom. The third kappa shape index (κ3) is 3.58. The van der Waals surface area contributed by atoms with Crippen molar-refractivity contribution in [2.75, 3.05) is 20.3 Å². The first-order chi connectivity index (χ1) is 15.6. The number of allylic oxidation sites excluding steroid dienone is 1. The summed E-state index contributed by atoms with van der Waals surface area (Å²) in [4.78, 5) is 0. The van der Waals surface area contributed by atoms with Crippen molar-refractivity contribution < 1.29 is 18.9 Å². The first kappa shape index (κ1) is 21.1. The monoisotopic (exact) mass is 432 g/mol. The Hall–Kier alpha value is -4.12. The number of benzene rings is 2. The van der Waals surface area contributed by atoms with Crippen molar-refractivity contribution >= 4 is 0 Å². The molecule has 4 rings (SSSR count). The van der Waals surface area contributed by atoms with Crippen molar-refractivity contribution in [1.82, 2.24) is 10.2 Å². The number of nitrogens with zero attached hydrogens (tertiary/aromatic N) is 2. The number of aromatic nitrogens is 2. The number of nitrogens with two attached hydrogens (primary N) is 1. The molecule has 1 atom stereocenters. The zero-order valence-electron chi connectivity index (χ0n) is 18.1. The van der Waals surface area contributed by atoms with Crippen LogP contribution in [0.25, 0.3) is 11.3 Å². The van der Waals surface area contributed by atoms with Crippen molar-refractivity contribution in [3.05, 3.63) is 65.0 Å². The van der Waals surface area contributed by atoms with Crippen LogP contribution in [0.1, 0.15) is 30.9 Å². The second-order valence-corrected chi connectivity index (χ2v) is 7.01. The van der Waals surface area contributed by atoms with E-state index in [1.807, 2.05) is 56.3 Å². The number of nitriles is 1. The molecule has 0 saturated carbocycles. The highest BCUT2D eigenvalue weighted by molar-refractivity contribution is 5.76. The molecule has 2 aromatic carbocycles. The fourth-order valence-electron chi connectivity index (χ4n) is 3.91. The van der Waals surface area contributed by atoms with Crippen LogP contribution >= 0.6 is 0 Å². The number of rotatable bonds is 7. The molecule has 8 nitrogen and oxygen atoms in total. The van der Waals surface area contributed by atoms with E-state index < -0.39 is 5.92 Å². The van der Waals surface area contributed by atoms with Crippen molar-refractivity contribution in [3.63, 3.8) is 0 Å². The molecular weight excluding hydrogens is 408 g/mol. The van der Waals surface area contributed by atoms with Gasteiger partial charge in [0.2, 0.25) is 11.8 Å². The molecule has 0 bridgehead atoms. The van der Waals surface area contributed by atoms with Crippen molar-refractivity contribution in [3.8, 4) is 40.5 Å². The molecule has 0 radical (unpaired) electrons. The highest BCUT2D eigenvalue weighted by Crippen LogP contribution is 2.49. The summed E-state index contributed by atoms with van der Waals surface area (Å²) < 4.78 is 22.8. The van der Waals surface area contributed by atoms with Crippen LogP contribution in [-0.2, 0) is 0 Å². The summed E-state index contributed by atoms with van der Waals surface area (Å²) in [6, 6.07) is 15.3. The Morgan fingerprint density at radius 3 is 2.62 bits per heavy atom. The average Bonchev–Trinajstić information content (AvgIpc) is 3.22. The quantitative estimate of drug-likeness (QED) is 0.577. The minimum Gasteiger partial charge on any atom is -0.496 e. The lowest BCUT2D eigenvalue weighted by molar-refractivity contribution is 0.324. The lowest BCUT2D eigenvalue weighted by Crippen LogP contribution is -2.21. The second kappa shape index (κ2) is 8.94. The Morgan fingerprint density at radius 1 is 1.12 bits per heavy atom. The predicted octanol–water partition coefficient (Wildman–Crippen LogP) is 4.10. The van der Waals surface area contributed by atoms with Crippen LogP contribution in [0, 0.1) is 11.3 Å². The molecule has 0 amide bonds. The van der Waals surface area contributed by atoms with Crippen LogP contribution in [0.15, 0.2) is 53.9 Å². The van der Waals surface area contributed by atoms with Crippen LogP contribution in [-0.4, -0.2) is 30.5 Å². The topological polar surface area (TPSA) is 115 Å². The van der Waals surface area contributed by atoms with Crippen LogP contribution < -0.4 is 24.7 Å². The molecule has 0 spiro atoms. The van der Waals surface area contributed by atoms with E-state index in [4.69, 9.17) is 24.7 Å². The van der Waals surface area contributed by atoms with E-state index in [2.05, 4.69) is 16.3 Å². The minimum atomic E-state index is -0.533. The first-order valence-corrected chi connectivity index (χ1v) is 10.3. The molecule has 8 heteroatoms. The Kier molecular flexibility index (Phi) is 5.90. The fourth-order valence-corrected chi connectivity index (χ4v) is 3.91. The molecule has 1 aliphatic rings. The molecule has 0 aliphatic carbocycles. The van der Waals surface area contributed by atoms with E-state index in [0.717, 1.165) is 11.1 Å². The molecule has 32 heavy (non-hydrogen) atoms. The number of ether oxygens (including phenoxy) is 4. The number of H-pyrrole nitrogens is 1. The van der Waals surface area contributed by atoms with Gasteiger partial charge in [0.05, 0.1) is 37.5 Å². The van der Waals surface area contributed by atoms with Crippen LogP contribution in [0.2, 0.25) is 0 Å². The van der Waals surface area contributed by atoms with Gasteiger partial charge in [-0.2, -0.15) is 5.26 Å². The maximum Gasteiger partial charge on any atom is 0.244 e. The molecule has 164 valence electrons. The Balaban J connectivity index is 1.94. The van der Waals surface area contributed by atoms with Gasteiger partial charge in [0, 0.05) is 17.2 Å². The predicted molar refractivity (Wildman–Crippen MR) is 119 cm³/mol. The van der Waals surface area contributed by atoms with Crippen LogP contribution in [0.3, 0.4) is 0 Å². The van der Waals surface area contributed by atoms with Gasteiger partial charge in [-0.25, -0.2) is 0 Å². The van der Waals surface area contributed by atoms with Gasteiger partial charge in [-0.15, -0.1) is 5.10 Å². The normalized spacial score (nSPS) is 14.9. The van der Waals surface area contributed by atoms with Gasteiger partial charge in [0.15, 0.2) is 0 Å². The van der Waals surface area contributed by atoms with Gasteiger partial charge < -0.3 is 24.7 Å². The van der Waals surface area contributed by atoms with Gasteiger partial charge in [-0.05, 0) is 32.0 Å².